The van der Waals surface area contributed by atoms with Crippen LogP contribution in [0, 0.1) is 17.8 Å². The molecule has 0 radical (unpaired) electrons. The Labute approximate surface area is 176 Å². The number of pyridine rings is 1. The van der Waals surface area contributed by atoms with Crippen molar-refractivity contribution < 1.29 is 19.1 Å². The lowest BCUT2D eigenvalue weighted by Crippen LogP contribution is -2.27. The highest BCUT2D eigenvalue weighted by atomic mass is 32.2. The molecule has 3 aliphatic rings. The molecule has 1 aromatic rings. The van der Waals surface area contributed by atoms with Gasteiger partial charge >= 0.3 is 11.9 Å². The van der Waals surface area contributed by atoms with E-state index < -0.39 is 5.97 Å². The molecule has 1 aliphatic heterocycles. The number of esters is 2. The predicted octanol–water partition coefficient (Wildman–Crippen LogP) is 4.05. The van der Waals surface area contributed by atoms with Crippen LogP contribution in [0.1, 0.15) is 49.4 Å². The first-order valence-corrected chi connectivity index (χ1v) is 11.2. The number of methoxy groups -OCH3 is 1. The van der Waals surface area contributed by atoms with Gasteiger partial charge in [-0.15, -0.1) is 11.8 Å². The summed E-state index contributed by atoms with van der Waals surface area (Å²) in [6, 6.07) is 3.71. The van der Waals surface area contributed by atoms with E-state index in [0.29, 0.717) is 28.4 Å². The summed E-state index contributed by atoms with van der Waals surface area (Å²) in [6.45, 7) is 6.95. The molecule has 0 aromatic carbocycles. The molecule has 0 spiro atoms. The van der Waals surface area contributed by atoms with Crippen molar-refractivity contribution in [2.75, 3.05) is 25.1 Å². The third-order valence-electron chi connectivity index (χ3n) is 6.15. The maximum atomic E-state index is 12.6. The molecule has 3 fully saturated rings. The van der Waals surface area contributed by atoms with Crippen LogP contribution in [0.3, 0.4) is 0 Å². The number of piperidine rings is 1. The summed E-state index contributed by atoms with van der Waals surface area (Å²) >= 11 is 1.70. The highest BCUT2D eigenvalue weighted by Gasteiger charge is 2.60. The third kappa shape index (κ3) is 4.29. The van der Waals surface area contributed by atoms with Crippen LogP contribution in [-0.4, -0.2) is 42.4 Å². The first-order chi connectivity index (χ1) is 14.0. The molecule has 2 heterocycles. The number of carbonyl (C=O) groups excluding carboxylic acids is 2. The van der Waals surface area contributed by atoms with Crippen molar-refractivity contribution >= 4 is 29.5 Å². The minimum Gasteiger partial charge on any atom is -0.469 e. The molecule has 0 bridgehead atoms. The Balaban J connectivity index is 1.52. The topological polar surface area (TPSA) is 68.7 Å². The van der Waals surface area contributed by atoms with Gasteiger partial charge in [-0.3, -0.25) is 4.79 Å². The minimum atomic E-state index is -0.398. The van der Waals surface area contributed by atoms with Crippen molar-refractivity contribution in [1.82, 2.24) is 4.98 Å². The average Bonchev–Trinajstić information content (AvgIpc) is 3.20. The van der Waals surface area contributed by atoms with E-state index in [1.807, 2.05) is 12.1 Å². The molecule has 2 aliphatic carbocycles. The maximum Gasteiger partial charge on any atom is 0.345 e. The predicted molar refractivity (Wildman–Crippen MR) is 112 cm³/mol. The van der Waals surface area contributed by atoms with Gasteiger partial charge in [0.05, 0.1) is 24.4 Å². The smallest absolute Gasteiger partial charge is 0.345 e. The molecule has 1 saturated heterocycles. The Morgan fingerprint density at radius 3 is 2.48 bits per heavy atom. The van der Waals surface area contributed by atoms with Crippen LogP contribution in [0.5, 0.6) is 0 Å². The van der Waals surface area contributed by atoms with E-state index >= 15 is 0 Å². The van der Waals surface area contributed by atoms with Crippen molar-refractivity contribution in [1.29, 1.82) is 0 Å². The second-order valence-electron chi connectivity index (χ2n) is 8.27. The fourth-order valence-corrected chi connectivity index (χ4v) is 5.91. The monoisotopic (exact) mass is 416 g/mol. The molecule has 0 unspecified atom stereocenters. The SMILES string of the molecule is C=C(C)OC(=O)c1ccc(N2C[C@@H]3[C@H](C2)[C@H]3C(=O)OC)nc1SC1CCCCC1. The Kier molecular flexibility index (Phi) is 5.86. The van der Waals surface area contributed by atoms with Crippen LogP contribution >= 0.6 is 11.8 Å². The van der Waals surface area contributed by atoms with E-state index in [1.165, 1.54) is 26.4 Å². The molecule has 0 amide bonds. The lowest BCUT2D eigenvalue weighted by atomic mass is 10.0. The number of nitrogens with zero attached hydrogens (tertiary/aromatic N) is 2. The van der Waals surface area contributed by atoms with Gasteiger partial charge in [0, 0.05) is 18.3 Å². The number of aromatic nitrogens is 1. The van der Waals surface area contributed by atoms with Crippen molar-refractivity contribution in [3.63, 3.8) is 0 Å². The third-order valence-corrected chi connectivity index (χ3v) is 7.49. The van der Waals surface area contributed by atoms with Gasteiger partial charge in [-0.2, -0.15) is 0 Å². The summed E-state index contributed by atoms with van der Waals surface area (Å²) < 4.78 is 10.2. The summed E-state index contributed by atoms with van der Waals surface area (Å²) in [6.07, 6.45) is 6.05. The van der Waals surface area contributed by atoms with Gasteiger partial charge in [0.1, 0.15) is 10.8 Å². The Morgan fingerprint density at radius 2 is 1.86 bits per heavy atom. The average molecular weight is 417 g/mol. The fraction of sp³-hybridized carbons (Fsp3) is 0.591. The molecule has 29 heavy (non-hydrogen) atoms. The zero-order chi connectivity index (χ0) is 20.5. The van der Waals surface area contributed by atoms with Crippen LogP contribution in [0.4, 0.5) is 5.82 Å². The van der Waals surface area contributed by atoms with Crippen LogP contribution in [0.15, 0.2) is 29.5 Å². The number of hydrogen-bond acceptors (Lipinski definition) is 7. The Morgan fingerprint density at radius 1 is 1.17 bits per heavy atom. The molecule has 2 saturated carbocycles. The normalized spacial score (nSPS) is 26.0. The van der Waals surface area contributed by atoms with Crippen molar-refractivity contribution in [3.8, 4) is 0 Å². The summed E-state index contributed by atoms with van der Waals surface area (Å²) in [7, 11) is 1.45. The van der Waals surface area contributed by atoms with E-state index in [1.54, 1.807) is 18.7 Å². The fourth-order valence-electron chi connectivity index (χ4n) is 4.61. The molecule has 0 N–H and O–H groups in total. The number of allylic oxidation sites excluding steroid dienone is 1. The summed E-state index contributed by atoms with van der Waals surface area (Å²) in [5.74, 6) is 1.49. The van der Waals surface area contributed by atoms with Crippen molar-refractivity contribution in [2.24, 2.45) is 17.8 Å². The van der Waals surface area contributed by atoms with Gasteiger partial charge in [0.15, 0.2) is 0 Å². The summed E-state index contributed by atoms with van der Waals surface area (Å²) in [5, 5.41) is 1.23. The maximum absolute atomic E-state index is 12.6. The first-order valence-electron chi connectivity index (χ1n) is 10.4. The number of rotatable bonds is 6. The lowest BCUT2D eigenvalue weighted by Gasteiger charge is -2.24. The van der Waals surface area contributed by atoms with Gasteiger partial charge in [0.25, 0.3) is 0 Å². The largest absolute Gasteiger partial charge is 0.469 e. The zero-order valence-electron chi connectivity index (χ0n) is 17.1. The molecule has 156 valence electrons. The molecular weight excluding hydrogens is 388 g/mol. The highest BCUT2D eigenvalue weighted by molar-refractivity contribution is 7.99. The Hall–Kier alpha value is -2.02. The standard InChI is InChI=1S/C22H28N2O4S/c1-13(2)28-21(25)15-9-10-18(23-20(15)29-14-7-5-4-6-8-14)24-11-16-17(12-24)19(16)22(26)27-3/h9-10,14,16-17,19H,1,4-8,11-12H2,2-3H3/t16-,17+,19+. The number of fused-ring (bicyclic) bond motifs is 1. The lowest BCUT2D eigenvalue weighted by molar-refractivity contribution is -0.142. The molecule has 4 rings (SSSR count). The van der Waals surface area contributed by atoms with Gasteiger partial charge in [-0.1, -0.05) is 25.8 Å². The van der Waals surface area contributed by atoms with E-state index in [9.17, 15) is 9.59 Å². The van der Waals surface area contributed by atoms with Gasteiger partial charge in [-0.05, 0) is 43.7 Å². The Bertz CT molecular complexity index is 809. The number of anilines is 1. The molecule has 7 heteroatoms. The molecule has 1 aromatic heterocycles. The van der Waals surface area contributed by atoms with Crippen molar-refractivity contribution in [2.45, 2.75) is 49.3 Å². The van der Waals surface area contributed by atoms with E-state index in [-0.39, 0.29) is 11.9 Å². The van der Waals surface area contributed by atoms with E-state index in [4.69, 9.17) is 14.5 Å². The van der Waals surface area contributed by atoms with E-state index in [0.717, 1.165) is 36.8 Å². The van der Waals surface area contributed by atoms with Crippen LogP contribution in [0.2, 0.25) is 0 Å². The van der Waals surface area contributed by atoms with Crippen LogP contribution in [0.25, 0.3) is 0 Å². The molecular formula is C22H28N2O4S. The second-order valence-corrected chi connectivity index (χ2v) is 9.56. The zero-order valence-corrected chi connectivity index (χ0v) is 17.9. The summed E-state index contributed by atoms with van der Waals surface area (Å²) in [4.78, 5) is 31.4. The molecule has 6 nitrogen and oxygen atoms in total. The van der Waals surface area contributed by atoms with Crippen molar-refractivity contribution in [3.05, 3.63) is 30.0 Å². The minimum absolute atomic E-state index is 0.0390. The van der Waals surface area contributed by atoms with Crippen LogP contribution < -0.4 is 4.90 Å². The highest BCUT2D eigenvalue weighted by Crippen LogP contribution is 2.53. The second kappa shape index (κ2) is 8.38. The molecule has 3 atom stereocenters. The summed E-state index contributed by atoms with van der Waals surface area (Å²) in [5.41, 5.74) is 0.504. The van der Waals surface area contributed by atoms with Crippen LogP contribution in [-0.2, 0) is 14.3 Å². The van der Waals surface area contributed by atoms with Gasteiger partial charge in [0.2, 0.25) is 0 Å². The van der Waals surface area contributed by atoms with Gasteiger partial charge < -0.3 is 14.4 Å². The quantitative estimate of drug-likeness (QED) is 0.512. The van der Waals surface area contributed by atoms with Gasteiger partial charge in [-0.25, -0.2) is 9.78 Å². The number of ether oxygens (including phenoxy) is 2. The number of carbonyl (C=O) groups is 2. The first kappa shape index (κ1) is 20.3. The number of thioether (sulfide) groups is 1. The van der Waals surface area contributed by atoms with E-state index in [2.05, 4.69) is 11.5 Å². The number of hydrogen-bond donors (Lipinski definition) is 0.